The molecule has 0 atom stereocenters. The van der Waals surface area contributed by atoms with Crippen molar-refractivity contribution in [3.63, 3.8) is 0 Å². The van der Waals surface area contributed by atoms with E-state index < -0.39 is 0 Å². The van der Waals surface area contributed by atoms with Crippen LogP contribution in [-0.2, 0) is 0 Å². The summed E-state index contributed by atoms with van der Waals surface area (Å²) < 4.78 is 0. The van der Waals surface area contributed by atoms with Crippen LogP contribution < -0.4 is 0 Å². The minimum absolute atomic E-state index is 1.03. The van der Waals surface area contributed by atoms with Crippen molar-refractivity contribution in [3.05, 3.63) is 47.8 Å². The van der Waals surface area contributed by atoms with E-state index in [1.807, 2.05) is 24.5 Å². The molecule has 1 aromatic carbocycles. The topological polar surface area (TPSA) is 25.8 Å². The van der Waals surface area contributed by atoms with Gasteiger partial charge >= 0.3 is 0 Å². The summed E-state index contributed by atoms with van der Waals surface area (Å²) in [7, 11) is 0. The Kier molecular flexibility index (Phi) is 1.90. The second kappa shape index (κ2) is 3.27. The van der Waals surface area contributed by atoms with Gasteiger partial charge in [-0.1, -0.05) is 0 Å². The molecule has 0 N–H and O–H groups in total. The molecule has 0 aliphatic rings. The van der Waals surface area contributed by atoms with Gasteiger partial charge in [0.2, 0.25) is 0 Å². The zero-order valence-electron chi connectivity index (χ0n) is 9.36. The Hall–Kier alpha value is -1.96. The van der Waals surface area contributed by atoms with E-state index in [1.165, 1.54) is 21.9 Å². The van der Waals surface area contributed by atoms with Crippen molar-refractivity contribution in [2.45, 2.75) is 13.8 Å². The zero-order chi connectivity index (χ0) is 11.1. The van der Waals surface area contributed by atoms with Crippen molar-refractivity contribution < 1.29 is 0 Å². The van der Waals surface area contributed by atoms with Gasteiger partial charge in [-0.15, -0.1) is 0 Å². The van der Waals surface area contributed by atoms with E-state index in [1.54, 1.807) is 0 Å². The summed E-state index contributed by atoms with van der Waals surface area (Å²) in [6, 6.07) is 8.40. The minimum Gasteiger partial charge on any atom is -0.256 e. The lowest BCUT2D eigenvalue weighted by molar-refractivity contribution is 1.32. The fraction of sp³-hybridized carbons (Fsp3) is 0.143. The van der Waals surface area contributed by atoms with Crippen LogP contribution in [0, 0.1) is 13.8 Å². The SMILES string of the molecule is Cc1cnc2ccc3ncc(C)cc3c2c1. The van der Waals surface area contributed by atoms with Gasteiger partial charge in [0.25, 0.3) is 0 Å². The Balaban J connectivity index is 2.55. The second-order valence-corrected chi connectivity index (χ2v) is 4.22. The first-order valence-electron chi connectivity index (χ1n) is 5.36. The molecule has 0 aliphatic heterocycles. The van der Waals surface area contributed by atoms with Crippen LogP contribution in [0.3, 0.4) is 0 Å². The molecule has 0 radical (unpaired) electrons. The van der Waals surface area contributed by atoms with E-state index in [4.69, 9.17) is 0 Å². The number of aromatic nitrogens is 2. The number of fused-ring (bicyclic) bond motifs is 3. The smallest absolute Gasteiger partial charge is 0.0709 e. The average Bonchev–Trinajstić information content (AvgIpc) is 2.29. The number of rotatable bonds is 0. The minimum atomic E-state index is 1.03. The highest BCUT2D eigenvalue weighted by atomic mass is 14.7. The molecule has 0 aliphatic carbocycles. The molecular weight excluding hydrogens is 196 g/mol. The van der Waals surface area contributed by atoms with Gasteiger partial charge in [-0.25, -0.2) is 0 Å². The molecule has 78 valence electrons. The average molecular weight is 208 g/mol. The predicted molar refractivity (Wildman–Crippen MR) is 66.5 cm³/mol. The van der Waals surface area contributed by atoms with Gasteiger partial charge in [0.1, 0.15) is 0 Å². The monoisotopic (exact) mass is 208 g/mol. The standard InChI is InChI=1S/C14H12N2/c1-9-5-11-12-6-10(2)8-16-14(12)4-3-13(11)15-7-9/h3-8H,1-2H3. The molecule has 0 spiro atoms. The molecule has 16 heavy (non-hydrogen) atoms. The summed E-state index contributed by atoms with van der Waals surface area (Å²) in [5.41, 5.74) is 4.43. The number of pyridine rings is 2. The van der Waals surface area contributed by atoms with E-state index in [0.29, 0.717) is 0 Å². The van der Waals surface area contributed by atoms with E-state index in [-0.39, 0.29) is 0 Å². The van der Waals surface area contributed by atoms with Crippen LogP contribution in [0.25, 0.3) is 21.8 Å². The van der Waals surface area contributed by atoms with Crippen molar-refractivity contribution in [3.8, 4) is 0 Å². The first-order valence-corrected chi connectivity index (χ1v) is 5.36. The normalized spacial score (nSPS) is 11.1. The molecule has 3 aromatic rings. The van der Waals surface area contributed by atoms with E-state index in [0.717, 1.165) is 11.0 Å². The number of hydrogen-bond acceptors (Lipinski definition) is 2. The Labute approximate surface area is 94.0 Å². The first-order chi connectivity index (χ1) is 7.74. The molecule has 0 unspecified atom stereocenters. The van der Waals surface area contributed by atoms with Crippen molar-refractivity contribution in [2.24, 2.45) is 0 Å². The van der Waals surface area contributed by atoms with Gasteiger partial charge in [0, 0.05) is 23.2 Å². The fourth-order valence-electron chi connectivity index (χ4n) is 2.01. The number of hydrogen-bond donors (Lipinski definition) is 0. The predicted octanol–water partition coefficient (Wildman–Crippen LogP) is 3.40. The number of benzene rings is 1. The highest BCUT2D eigenvalue weighted by molar-refractivity contribution is 6.04. The lowest BCUT2D eigenvalue weighted by Gasteiger charge is -2.04. The van der Waals surface area contributed by atoms with Crippen LogP contribution in [0.1, 0.15) is 11.1 Å². The van der Waals surface area contributed by atoms with Crippen LogP contribution in [0.5, 0.6) is 0 Å². The third-order valence-electron chi connectivity index (χ3n) is 2.80. The lowest BCUT2D eigenvalue weighted by Crippen LogP contribution is -1.86. The summed E-state index contributed by atoms with van der Waals surface area (Å²) in [4.78, 5) is 8.87. The molecule has 2 heteroatoms. The third-order valence-corrected chi connectivity index (χ3v) is 2.80. The van der Waals surface area contributed by atoms with Crippen molar-refractivity contribution in [1.29, 1.82) is 0 Å². The first kappa shape index (κ1) is 9.28. The maximum absolute atomic E-state index is 4.43. The highest BCUT2D eigenvalue weighted by Gasteiger charge is 2.02. The van der Waals surface area contributed by atoms with Gasteiger partial charge in [-0.3, -0.25) is 9.97 Å². The van der Waals surface area contributed by atoms with Crippen LogP contribution in [0.4, 0.5) is 0 Å². The molecule has 2 heterocycles. The lowest BCUT2D eigenvalue weighted by atomic mass is 10.1. The highest BCUT2D eigenvalue weighted by Crippen LogP contribution is 2.24. The van der Waals surface area contributed by atoms with Gasteiger partial charge < -0.3 is 0 Å². The Morgan fingerprint density at radius 3 is 1.62 bits per heavy atom. The summed E-state index contributed by atoms with van der Waals surface area (Å²) in [6.45, 7) is 4.13. The maximum Gasteiger partial charge on any atom is 0.0709 e. The van der Waals surface area contributed by atoms with Crippen LogP contribution in [-0.4, -0.2) is 9.97 Å². The van der Waals surface area contributed by atoms with Crippen LogP contribution >= 0.6 is 0 Å². The van der Waals surface area contributed by atoms with Crippen molar-refractivity contribution in [1.82, 2.24) is 9.97 Å². The molecule has 2 nitrogen and oxygen atoms in total. The van der Waals surface area contributed by atoms with E-state index in [2.05, 4.69) is 35.9 Å². The molecule has 0 amide bonds. The van der Waals surface area contributed by atoms with Crippen molar-refractivity contribution in [2.75, 3.05) is 0 Å². The molecule has 0 bridgehead atoms. The van der Waals surface area contributed by atoms with Crippen LogP contribution in [0.15, 0.2) is 36.7 Å². The van der Waals surface area contributed by atoms with Gasteiger partial charge in [-0.05, 0) is 49.2 Å². The summed E-state index contributed by atoms with van der Waals surface area (Å²) in [6.07, 6.45) is 3.80. The zero-order valence-corrected chi connectivity index (χ0v) is 9.36. The maximum atomic E-state index is 4.43. The molecule has 2 aromatic heterocycles. The van der Waals surface area contributed by atoms with Gasteiger partial charge in [0.05, 0.1) is 11.0 Å². The quantitative estimate of drug-likeness (QED) is 0.529. The largest absolute Gasteiger partial charge is 0.256 e. The van der Waals surface area contributed by atoms with E-state index >= 15 is 0 Å². The number of aryl methyl sites for hydroxylation is 2. The van der Waals surface area contributed by atoms with Crippen LogP contribution in [0.2, 0.25) is 0 Å². The Bertz CT molecular complexity index is 626. The molecule has 0 fully saturated rings. The fourth-order valence-corrected chi connectivity index (χ4v) is 2.01. The Morgan fingerprint density at radius 2 is 1.19 bits per heavy atom. The number of nitrogens with zero attached hydrogens (tertiary/aromatic N) is 2. The summed E-state index contributed by atoms with van der Waals surface area (Å²) in [5.74, 6) is 0. The van der Waals surface area contributed by atoms with Crippen molar-refractivity contribution >= 4 is 21.8 Å². The Morgan fingerprint density at radius 1 is 0.750 bits per heavy atom. The van der Waals surface area contributed by atoms with Gasteiger partial charge in [0.15, 0.2) is 0 Å². The molecule has 0 saturated heterocycles. The summed E-state index contributed by atoms with van der Waals surface area (Å²) in [5, 5.41) is 2.38. The molecule has 0 saturated carbocycles. The second-order valence-electron chi connectivity index (χ2n) is 4.22. The molecule has 3 rings (SSSR count). The van der Waals surface area contributed by atoms with E-state index in [9.17, 15) is 0 Å². The summed E-state index contributed by atoms with van der Waals surface area (Å²) >= 11 is 0. The third kappa shape index (κ3) is 1.34. The van der Waals surface area contributed by atoms with Gasteiger partial charge in [-0.2, -0.15) is 0 Å². The molecular formula is C14H12N2.